The van der Waals surface area contributed by atoms with Crippen LogP contribution in [-0.4, -0.2) is 59.5 Å². The number of carbonyl (C=O) groups excluding carboxylic acids is 2. The lowest BCUT2D eigenvalue weighted by molar-refractivity contribution is -0.162. The van der Waals surface area contributed by atoms with Crippen LogP contribution in [-0.2, 0) is 25.6 Å². The van der Waals surface area contributed by atoms with Gasteiger partial charge in [0.1, 0.15) is 0 Å². The number of aliphatic hydroxyl groups excluding tert-OH is 1. The van der Waals surface area contributed by atoms with E-state index in [-0.39, 0.29) is 18.6 Å². The number of aliphatic hydroxyl groups is 1. The monoisotopic (exact) mass is 362 g/mol. The van der Waals surface area contributed by atoms with Crippen LogP contribution in [0.15, 0.2) is 30.3 Å². The summed E-state index contributed by atoms with van der Waals surface area (Å²) < 4.78 is 11.2. The van der Waals surface area contributed by atoms with E-state index in [1.54, 1.807) is 4.90 Å². The maximum Gasteiger partial charge on any atom is 0.255 e. The smallest absolute Gasteiger partial charge is 0.255 e. The molecule has 7 heteroatoms. The Hall–Kier alpha value is -1.96. The van der Waals surface area contributed by atoms with Gasteiger partial charge in [0.05, 0.1) is 19.2 Å². The number of benzene rings is 1. The summed E-state index contributed by atoms with van der Waals surface area (Å²) in [6, 6.07) is 9.31. The maximum atomic E-state index is 12.7. The summed E-state index contributed by atoms with van der Waals surface area (Å²) in [6.45, 7) is 4.63. The van der Waals surface area contributed by atoms with Crippen molar-refractivity contribution in [1.29, 1.82) is 0 Å². The predicted octanol–water partition coefficient (Wildman–Crippen LogP) is 0.662. The molecule has 0 radical (unpaired) electrons. The van der Waals surface area contributed by atoms with Gasteiger partial charge in [-0.1, -0.05) is 44.2 Å². The van der Waals surface area contributed by atoms with Gasteiger partial charge in [0.15, 0.2) is 18.5 Å². The maximum absolute atomic E-state index is 12.7. The third-order valence-electron chi connectivity index (χ3n) is 4.59. The highest BCUT2D eigenvalue weighted by Gasteiger charge is 2.51. The Morgan fingerprint density at radius 3 is 2.69 bits per heavy atom. The molecule has 7 nitrogen and oxygen atoms in total. The first-order chi connectivity index (χ1) is 12.5. The predicted molar refractivity (Wildman–Crippen MR) is 93.9 cm³/mol. The molecule has 1 aromatic carbocycles. The Kier molecular flexibility index (Phi) is 5.90. The SMILES string of the molecule is CC(C)C[C@H](CO)NC(=O)[C@H]1O[C@H]2CN(Cc3ccccc3)C(=O)[C@@H]1O2. The van der Waals surface area contributed by atoms with E-state index in [0.29, 0.717) is 25.4 Å². The zero-order chi connectivity index (χ0) is 18.7. The Bertz CT molecular complexity index is 636. The second-order valence-electron chi connectivity index (χ2n) is 7.26. The summed E-state index contributed by atoms with van der Waals surface area (Å²) in [5, 5.41) is 12.2. The Balaban J connectivity index is 1.63. The molecule has 2 fully saturated rings. The molecule has 2 aliphatic heterocycles. The van der Waals surface area contributed by atoms with Gasteiger partial charge in [0, 0.05) is 6.54 Å². The average molecular weight is 362 g/mol. The van der Waals surface area contributed by atoms with Crippen molar-refractivity contribution in [3.05, 3.63) is 35.9 Å². The number of hydrogen-bond donors (Lipinski definition) is 2. The van der Waals surface area contributed by atoms with E-state index in [2.05, 4.69) is 5.32 Å². The molecule has 0 unspecified atom stereocenters. The quantitative estimate of drug-likeness (QED) is 0.744. The van der Waals surface area contributed by atoms with Crippen molar-refractivity contribution in [2.75, 3.05) is 13.2 Å². The molecule has 2 saturated heterocycles. The summed E-state index contributed by atoms with van der Waals surface area (Å²) in [6.07, 6.45) is -1.86. The van der Waals surface area contributed by atoms with Crippen molar-refractivity contribution in [2.45, 2.75) is 51.4 Å². The van der Waals surface area contributed by atoms with Crippen LogP contribution in [0.1, 0.15) is 25.8 Å². The standard InChI is InChI=1S/C19H26N2O5/c1-12(2)8-14(11-22)20-18(23)16-17-19(24)21(10-15(25-16)26-17)9-13-6-4-3-5-7-13/h3-7,12,14-17,22H,8-11H2,1-2H3,(H,20,23)/t14-,15-,16+,17-/m1/s1. The summed E-state index contributed by atoms with van der Waals surface area (Å²) in [5.41, 5.74) is 1.01. The van der Waals surface area contributed by atoms with Crippen LogP contribution in [0.4, 0.5) is 0 Å². The molecule has 0 saturated carbocycles. The molecule has 3 rings (SSSR count). The van der Waals surface area contributed by atoms with Crippen molar-refractivity contribution in [3.8, 4) is 0 Å². The van der Waals surface area contributed by atoms with E-state index in [4.69, 9.17) is 9.47 Å². The van der Waals surface area contributed by atoms with Crippen LogP contribution in [0.25, 0.3) is 0 Å². The number of fused-ring (bicyclic) bond motifs is 2. The number of morpholine rings is 1. The molecule has 4 atom stereocenters. The van der Waals surface area contributed by atoms with Crippen LogP contribution in [0, 0.1) is 5.92 Å². The van der Waals surface area contributed by atoms with Crippen LogP contribution >= 0.6 is 0 Å². The molecule has 0 aliphatic carbocycles. The molecular formula is C19H26N2O5. The van der Waals surface area contributed by atoms with Crippen LogP contribution < -0.4 is 5.32 Å². The average Bonchev–Trinajstić information content (AvgIpc) is 2.99. The number of carbonyl (C=O) groups is 2. The Morgan fingerprint density at radius 1 is 1.31 bits per heavy atom. The first-order valence-corrected chi connectivity index (χ1v) is 9.02. The van der Waals surface area contributed by atoms with Gasteiger partial charge in [0.25, 0.3) is 11.8 Å². The lowest BCUT2D eigenvalue weighted by atomic mass is 10.0. The van der Waals surface area contributed by atoms with Crippen molar-refractivity contribution < 1.29 is 24.2 Å². The van der Waals surface area contributed by atoms with Gasteiger partial charge in [0.2, 0.25) is 0 Å². The van der Waals surface area contributed by atoms with Gasteiger partial charge in [-0.05, 0) is 17.9 Å². The summed E-state index contributed by atoms with van der Waals surface area (Å²) in [7, 11) is 0. The summed E-state index contributed by atoms with van der Waals surface area (Å²) in [5.74, 6) is -0.324. The first kappa shape index (κ1) is 18.8. The first-order valence-electron chi connectivity index (χ1n) is 9.02. The molecule has 26 heavy (non-hydrogen) atoms. The van der Waals surface area contributed by atoms with E-state index in [1.807, 2.05) is 44.2 Å². The lowest BCUT2D eigenvalue weighted by Gasteiger charge is -2.30. The van der Waals surface area contributed by atoms with E-state index in [1.165, 1.54) is 0 Å². The molecule has 1 aromatic rings. The van der Waals surface area contributed by atoms with Gasteiger partial charge in [-0.15, -0.1) is 0 Å². The fraction of sp³-hybridized carbons (Fsp3) is 0.579. The number of amides is 2. The minimum Gasteiger partial charge on any atom is -0.394 e. The number of hydrogen-bond acceptors (Lipinski definition) is 5. The highest BCUT2D eigenvalue weighted by molar-refractivity contribution is 5.92. The van der Waals surface area contributed by atoms with Gasteiger partial charge in [-0.3, -0.25) is 9.59 Å². The largest absolute Gasteiger partial charge is 0.394 e. The minimum absolute atomic E-state index is 0.153. The third kappa shape index (κ3) is 4.23. The van der Waals surface area contributed by atoms with Gasteiger partial charge < -0.3 is 24.8 Å². The molecule has 2 heterocycles. The van der Waals surface area contributed by atoms with Crippen LogP contribution in [0.5, 0.6) is 0 Å². The molecule has 2 bridgehead atoms. The zero-order valence-corrected chi connectivity index (χ0v) is 15.1. The molecular weight excluding hydrogens is 336 g/mol. The topological polar surface area (TPSA) is 88.1 Å². The van der Waals surface area contributed by atoms with Gasteiger partial charge in [-0.25, -0.2) is 0 Å². The van der Waals surface area contributed by atoms with Crippen molar-refractivity contribution in [3.63, 3.8) is 0 Å². The second-order valence-corrected chi connectivity index (χ2v) is 7.26. The van der Waals surface area contributed by atoms with Crippen LogP contribution in [0.3, 0.4) is 0 Å². The molecule has 2 aliphatic rings. The fourth-order valence-corrected chi connectivity index (χ4v) is 3.40. The van der Waals surface area contributed by atoms with E-state index in [9.17, 15) is 14.7 Å². The van der Waals surface area contributed by atoms with Crippen molar-refractivity contribution in [2.24, 2.45) is 5.92 Å². The van der Waals surface area contributed by atoms with Crippen molar-refractivity contribution in [1.82, 2.24) is 10.2 Å². The van der Waals surface area contributed by atoms with Crippen molar-refractivity contribution >= 4 is 11.8 Å². The third-order valence-corrected chi connectivity index (χ3v) is 4.59. The molecule has 142 valence electrons. The molecule has 0 aromatic heterocycles. The van der Waals surface area contributed by atoms with E-state index < -0.39 is 24.4 Å². The van der Waals surface area contributed by atoms with Crippen LogP contribution in [0.2, 0.25) is 0 Å². The van der Waals surface area contributed by atoms with E-state index >= 15 is 0 Å². The highest BCUT2D eigenvalue weighted by atomic mass is 16.7. The summed E-state index contributed by atoms with van der Waals surface area (Å²) >= 11 is 0. The Labute approximate surface area is 153 Å². The zero-order valence-electron chi connectivity index (χ0n) is 15.1. The fourth-order valence-electron chi connectivity index (χ4n) is 3.40. The van der Waals surface area contributed by atoms with E-state index in [0.717, 1.165) is 5.56 Å². The molecule has 0 spiro atoms. The second kappa shape index (κ2) is 8.16. The lowest BCUT2D eigenvalue weighted by Crippen LogP contribution is -2.52. The summed E-state index contributed by atoms with van der Waals surface area (Å²) in [4.78, 5) is 26.9. The van der Waals surface area contributed by atoms with Gasteiger partial charge >= 0.3 is 0 Å². The number of nitrogens with zero attached hydrogens (tertiary/aromatic N) is 1. The minimum atomic E-state index is -0.977. The molecule has 2 amide bonds. The number of ether oxygens (including phenoxy) is 2. The number of rotatable bonds is 7. The normalized spacial score (nSPS) is 26.2. The molecule has 2 N–H and O–H groups in total. The Morgan fingerprint density at radius 2 is 2.04 bits per heavy atom. The highest BCUT2D eigenvalue weighted by Crippen LogP contribution is 2.28. The number of nitrogens with one attached hydrogen (secondary N) is 1. The van der Waals surface area contributed by atoms with Gasteiger partial charge in [-0.2, -0.15) is 0 Å².